The maximum atomic E-state index is 14.5. The summed E-state index contributed by atoms with van der Waals surface area (Å²) in [7, 11) is -1.57. The molecule has 0 saturated heterocycles. The minimum atomic E-state index is -2.98. The van der Waals surface area contributed by atoms with Gasteiger partial charge in [-0.05, 0) is 13.8 Å². The maximum Gasteiger partial charge on any atom is 0.298 e. The van der Waals surface area contributed by atoms with Gasteiger partial charge in [0, 0.05) is 11.1 Å². The fraction of sp³-hybridized carbons (Fsp3) is 0.438. The topological polar surface area (TPSA) is 12.4 Å². The molecule has 0 aromatic heterocycles. The molecule has 0 unspecified atom stereocenters. The van der Waals surface area contributed by atoms with Crippen LogP contribution < -0.4 is 0 Å². The van der Waals surface area contributed by atoms with E-state index >= 15 is 0 Å². The van der Waals surface area contributed by atoms with Gasteiger partial charge in [0.1, 0.15) is 19.3 Å². The summed E-state index contributed by atoms with van der Waals surface area (Å²) in [5.41, 5.74) is 2.72. The van der Waals surface area contributed by atoms with E-state index in [9.17, 15) is 8.78 Å². The predicted molar refractivity (Wildman–Crippen MR) is 82.1 cm³/mol. The lowest BCUT2D eigenvalue weighted by Gasteiger charge is -2.36. The van der Waals surface area contributed by atoms with E-state index < -0.39 is 19.5 Å². The third kappa shape index (κ3) is 2.55. The van der Waals surface area contributed by atoms with Crippen molar-refractivity contribution < 1.29 is 8.78 Å². The van der Waals surface area contributed by atoms with Crippen LogP contribution in [0.5, 0.6) is 0 Å². The molecule has 0 amide bonds. The highest BCUT2D eigenvalue weighted by Gasteiger charge is 2.52. The second-order valence-electron chi connectivity index (χ2n) is 6.64. The average molecular weight is 291 g/mol. The van der Waals surface area contributed by atoms with Gasteiger partial charge in [-0.25, -0.2) is 0 Å². The number of rotatable bonds is 0. The Labute approximate surface area is 120 Å². The van der Waals surface area contributed by atoms with Crippen molar-refractivity contribution in [3.8, 4) is 11.5 Å². The number of hydrogen-bond donors (Lipinski definition) is 0. The lowest BCUT2D eigenvalue weighted by Crippen LogP contribution is -2.43. The Hall–Kier alpha value is -1.47. The fourth-order valence-electron chi connectivity index (χ4n) is 2.04. The van der Waals surface area contributed by atoms with Gasteiger partial charge in [-0.3, -0.25) is 4.99 Å². The van der Waals surface area contributed by atoms with Gasteiger partial charge in [0.05, 0.1) is 0 Å². The molecule has 0 N–H and O–H groups in total. The van der Waals surface area contributed by atoms with Gasteiger partial charge in [0.25, 0.3) is 5.92 Å². The van der Waals surface area contributed by atoms with Crippen LogP contribution >= 0.6 is 0 Å². The van der Waals surface area contributed by atoms with Gasteiger partial charge in [0.15, 0.2) is 0 Å². The molecule has 4 heteroatoms. The largest absolute Gasteiger partial charge is 0.298 e. The van der Waals surface area contributed by atoms with Crippen molar-refractivity contribution in [1.82, 2.24) is 0 Å². The number of fused-ring (bicyclic) bond motifs is 1. The van der Waals surface area contributed by atoms with Crippen molar-refractivity contribution in [2.24, 2.45) is 4.99 Å². The van der Waals surface area contributed by atoms with Crippen LogP contribution in [0, 0.1) is 11.5 Å². The third-order valence-electron chi connectivity index (χ3n) is 3.24. The minimum Gasteiger partial charge on any atom is -0.263 e. The first kappa shape index (κ1) is 14.9. The maximum absolute atomic E-state index is 14.5. The van der Waals surface area contributed by atoms with Crippen LogP contribution in [0.3, 0.4) is 0 Å². The Bertz CT molecular complexity index is 628. The molecule has 1 aromatic rings. The average Bonchev–Trinajstić information content (AvgIpc) is 2.32. The SMILES string of the molecule is CC1(C)N=C(C#C[Si](C)(C)C)c2ccccc2C1(F)F. The minimum absolute atomic E-state index is 0.0277. The lowest BCUT2D eigenvalue weighted by atomic mass is 9.83. The third-order valence-corrected chi connectivity index (χ3v) is 4.11. The first-order valence-corrected chi connectivity index (χ1v) is 10.2. The number of hydrogen-bond acceptors (Lipinski definition) is 1. The van der Waals surface area contributed by atoms with Crippen molar-refractivity contribution in [2.75, 3.05) is 0 Å². The summed E-state index contributed by atoms with van der Waals surface area (Å²) in [6.45, 7) is 9.28. The molecule has 0 radical (unpaired) electrons. The van der Waals surface area contributed by atoms with E-state index in [1.165, 1.54) is 19.9 Å². The monoisotopic (exact) mass is 291 g/mol. The number of halogens is 2. The molecule has 2 rings (SSSR count). The standard InChI is InChI=1S/C16H19F2NSi/c1-15(2)16(17,18)13-9-7-6-8-12(13)14(19-15)10-11-20(3,4)5/h6-9H,1-5H3. The molecule has 1 aliphatic rings. The van der Waals surface area contributed by atoms with E-state index in [1.807, 2.05) is 0 Å². The summed E-state index contributed by atoms with van der Waals surface area (Å²) in [4.78, 5) is 4.23. The quantitative estimate of drug-likeness (QED) is 0.501. The van der Waals surface area contributed by atoms with Crippen LogP contribution in [-0.4, -0.2) is 19.3 Å². The molecular weight excluding hydrogens is 272 g/mol. The van der Waals surface area contributed by atoms with Gasteiger partial charge in [-0.2, -0.15) is 8.78 Å². The zero-order chi connectivity index (χ0) is 15.2. The second-order valence-corrected chi connectivity index (χ2v) is 11.4. The summed E-state index contributed by atoms with van der Waals surface area (Å²) in [5.74, 6) is 0.0613. The first-order chi connectivity index (χ1) is 9.05. The Morgan fingerprint density at radius 2 is 1.70 bits per heavy atom. The molecule has 0 aliphatic carbocycles. The number of aliphatic imine (C=N–C) groups is 1. The number of benzene rings is 1. The van der Waals surface area contributed by atoms with E-state index in [4.69, 9.17) is 0 Å². The van der Waals surface area contributed by atoms with Crippen molar-refractivity contribution in [2.45, 2.75) is 44.9 Å². The zero-order valence-electron chi connectivity index (χ0n) is 12.5. The van der Waals surface area contributed by atoms with Crippen molar-refractivity contribution in [3.63, 3.8) is 0 Å². The van der Waals surface area contributed by atoms with Crippen LogP contribution in [0.25, 0.3) is 0 Å². The van der Waals surface area contributed by atoms with Gasteiger partial charge in [-0.15, -0.1) is 5.54 Å². The van der Waals surface area contributed by atoms with E-state index in [0.29, 0.717) is 11.3 Å². The summed E-state index contributed by atoms with van der Waals surface area (Å²) in [6.07, 6.45) is 0. The highest BCUT2D eigenvalue weighted by molar-refractivity contribution is 6.84. The van der Waals surface area contributed by atoms with E-state index in [2.05, 4.69) is 36.1 Å². The summed E-state index contributed by atoms with van der Waals surface area (Å²) in [6, 6.07) is 6.54. The van der Waals surface area contributed by atoms with E-state index in [1.54, 1.807) is 18.2 Å². The van der Waals surface area contributed by atoms with Crippen molar-refractivity contribution in [1.29, 1.82) is 0 Å². The molecule has 1 nitrogen and oxygen atoms in total. The summed E-state index contributed by atoms with van der Waals surface area (Å²) in [5, 5.41) is 0. The number of nitrogens with zero attached hydrogens (tertiary/aromatic N) is 1. The molecule has 1 aromatic carbocycles. The van der Waals surface area contributed by atoms with Crippen molar-refractivity contribution in [3.05, 3.63) is 35.4 Å². The van der Waals surface area contributed by atoms with Crippen LogP contribution in [0.15, 0.2) is 29.3 Å². The second kappa shape index (κ2) is 4.52. The van der Waals surface area contributed by atoms with Crippen LogP contribution in [0.2, 0.25) is 19.6 Å². The molecule has 1 aliphatic heterocycles. The highest BCUT2D eigenvalue weighted by atomic mass is 28.3. The molecule has 1 heterocycles. The highest BCUT2D eigenvalue weighted by Crippen LogP contribution is 2.45. The van der Waals surface area contributed by atoms with Gasteiger partial charge >= 0.3 is 0 Å². The molecule has 0 saturated carbocycles. The lowest BCUT2D eigenvalue weighted by molar-refractivity contribution is -0.0681. The van der Waals surface area contributed by atoms with E-state index in [0.717, 1.165) is 0 Å². The summed E-state index contributed by atoms with van der Waals surface area (Å²) < 4.78 is 29.0. The van der Waals surface area contributed by atoms with Crippen LogP contribution in [0.4, 0.5) is 8.78 Å². The molecule has 0 fully saturated rings. The van der Waals surface area contributed by atoms with Crippen molar-refractivity contribution >= 4 is 13.8 Å². The number of alkyl halides is 2. The zero-order valence-corrected chi connectivity index (χ0v) is 13.5. The summed E-state index contributed by atoms with van der Waals surface area (Å²) >= 11 is 0. The van der Waals surface area contributed by atoms with Crippen LogP contribution in [-0.2, 0) is 5.92 Å². The first-order valence-electron chi connectivity index (χ1n) is 6.65. The fourth-order valence-corrected chi connectivity index (χ4v) is 2.54. The van der Waals surface area contributed by atoms with Crippen LogP contribution in [0.1, 0.15) is 25.0 Å². The molecule has 106 valence electrons. The Morgan fingerprint density at radius 1 is 1.10 bits per heavy atom. The molecule has 0 atom stereocenters. The Balaban J connectivity index is 2.64. The van der Waals surface area contributed by atoms with Gasteiger partial charge in [-0.1, -0.05) is 49.8 Å². The molecule has 0 spiro atoms. The molecular formula is C16H19F2NSi. The molecule has 0 bridgehead atoms. The van der Waals surface area contributed by atoms with Gasteiger partial charge in [0.2, 0.25) is 0 Å². The predicted octanol–water partition coefficient (Wildman–Crippen LogP) is 4.24. The normalized spacial score (nSPS) is 19.4. The van der Waals surface area contributed by atoms with E-state index in [-0.39, 0.29) is 5.56 Å². The molecule has 20 heavy (non-hydrogen) atoms. The van der Waals surface area contributed by atoms with Gasteiger partial charge < -0.3 is 0 Å². The Morgan fingerprint density at radius 3 is 2.30 bits per heavy atom. The smallest absolute Gasteiger partial charge is 0.263 e. The Kier molecular flexibility index (Phi) is 3.38.